The second kappa shape index (κ2) is 16.0. The number of hydrogen-bond acceptors (Lipinski definition) is 7. The average Bonchev–Trinajstić information content (AvgIpc) is 2.83. The third-order valence-electron chi connectivity index (χ3n) is 5.56. The predicted molar refractivity (Wildman–Crippen MR) is 154 cm³/mol. The zero-order valence-electron chi connectivity index (χ0n) is 22.5. The van der Waals surface area contributed by atoms with Gasteiger partial charge in [-0.15, -0.1) is 0 Å². The van der Waals surface area contributed by atoms with E-state index in [2.05, 4.69) is 0 Å². The fourth-order valence-electron chi connectivity index (χ4n) is 3.19. The van der Waals surface area contributed by atoms with E-state index in [0.717, 1.165) is 0 Å². The molecule has 0 saturated heterocycles. The number of benzene rings is 2. The molecule has 2 aromatic carbocycles. The first-order valence-corrected chi connectivity index (χ1v) is 14.0. The average molecular weight is 624 g/mol. The summed E-state index contributed by atoms with van der Waals surface area (Å²) in [5.41, 5.74) is -0.959. The fourth-order valence-corrected chi connectivity index (χ4v) is 4.14. The molecule has 7 nitrogen and oxygen atoms in total. The smallest absolute Gasteiger partial charge is 0.313 e. The second-order valence-corrected chi connectivity index (χ2v) is 11.5. The Morgan fingerprint density at radius 2 is 1.00 bits per heavy atom. The van der Waals surface area contributed by atoms with Crippen molar-refractivity contribution in [3.8, 4) is 11.5 Å². The minimum Gasteiger partial charge on any atom is -0.423 e. The van der Waals surface area contributed by atoms with Gasteiger partial charge >= 0.3 is 11.9 Å². The number of esters is 2. The first-order valence-electron chi connectivity index (χ1n) is 12.4. The van der Waals surface area contributed by atoms with Crippen molar-refractivity contribution >= 4 is 58.3 Å². The molecule has 2 rings (SSSR count). The van der Waals surface area contributed by atoms with Crippen LogP contribution in [0.15, 0.2) is 36.4 Å². The van der Waals surface area contributed by atoms with Crippen molar-refractivity contribution in [2.75, 3.05) is 26.4 Å². The van der Waals surface area contributed by atoms with Crippen molar-refractivity contribution in [1.29, 1.82) is 0 Å². The van der Waals surface area contributed by atoms with Crippen molar-refractivity contribution in [2.24, 2.45) is 0 Å². The number of halogens is 4. The van der Waals surface area contributed by atoms with E-state index in [9.17, 15) is 9.59 Å². The number of carbonyl (C=O) groups is 2. The minimum absolute atomic E-state index is 0.0492. The third-order valence-corrected chi connectivity index (χ3v) is 6.76. The van der Waals surface area contributed by atoms with Gasteiger partial charge in [-0.1, -0.05) is 58.5 Å². The van der Waals surface area contributed by atoms with Crippen LogP contribution in [0.25, 0.3) is 0 Å². The van der Waals surface area contributed by atoms with Gasteiger partial charge in [0.25, 0.3) is 0 Å². The van der Waals surface area contributed by atoms with Crippen LogP contribution in [-0.2, 0) is 23.8 Å². The maximum Gasteiger partial charge on any atom is 0.313 e. The molecule has 2 aromatic rings. The van der Waals surface area contributed by atoms with Gasteiger partial charge in [-0.05, 0) is 64.8 Å². The van der Waals surface area contributed by atoms with Crippen LogP contribution in [0.5, 0.6) is 11.5 Å². The van der Waals surface area contributed by atoms with Gasteiger partial charge in [0, 0.05) is 6.61 Å². The van der Waals surface area contributed by atoms with E-state index >= 15 is 0 Å². The molecule has 0 spiro atoms. The van der Waals surface area contributed by atoms with E-state index < -0.39 is 23.1 Å². The monoisotopic (exact) mass is 622 g/mol. The van der Waals surface area contributed by atoms with Gasteiger partial charge in [-0.2, -0.15) is 0 Å². The van der Waals surface area contributed by atoms with Crippen LogP contribution >= 0.6 is 46.4 Å². The number of ether oxygens (including phenoxy) is 5. The van der Waals surface area contributed by atoms with E-state index in [1.54, 1.807) is 36.4 Å². The van der Waals surface area contributed by atoms with E-state index in [4.69, 9.17) is 70.1 Å². The lowest BCUT2D eigenvalue weighted by molar-refractivity contribution is -0.137. The number of hydrogen-bond donors (Lipinski definition) is 0. The quantitative estimate of drug-likeness (QED) is 0.106. The molecule has 39 heavy (non-hydrogen) atoms. The van der Waals surface area contributed by atoms with Crippen LogP contribution in [-0.4, -0.2) is 49.6 Å². The summed E-state index contributed by atoms with van der Waals surface area (Å²) < 4.78 is 28.0. The number of para-hydroxylation sites is 2. The van der Waals surface area contributed by atoms with Gasteiger partial charge in [-0.3, -0.25) is 9.59 Å². The van der Waals surface area contributed by atoms with Crippen LogP contribution in [0.1, 0.15) is 53.4 Å². The SMILES string of the molecule is CC(C)(CCOCCC(=O)Oc1c(Cl)cccc1Cl)OCCC(C)(C)OCCC(=O)Oc1c(Cl)cccc1Cl. The first kappa shape index (κ1) is 33.6. The maximum absolute atomic E-state index is 12.1. The van der Waals surface area contributed by atoms with Crippen LogP contribution in [0.4, 0.5) is 0 Å². The molecule has 0 aromatic heterocycles. The highest BCUT2D eigenvalue weighted by Crippen LogP contribution is 2.33. The van der Waals surface area contributed by atoms with Crippen molar-refractivity contribution in [2.45, 2.75) is 64.6 Å². The number of rotatable bonds is 16. The molecule has 0 aliphatic carbocycles. The Kier molecular flexibility index (Phi) is 13.8. The molecule has 0 radical (unpaired) electrons. The Morgan fingerprint density at radius 3 is 1.46 bits per heavy atom. The molecule has 0 heterocycles. The largest absolute Gasteiger partial charge is 0.423 e. The molecule has 0 N–H and O–H groups in total. The van der Waals surface area contributed by atoms with Crippen LogP contribution < -0.4 is 9.47 Å². The van der Waals surface area contributed by atoms with Gasteiger partial charge in [0.2, 0.25) is 0 Å². The van der Waals surface area contributed by atoms with Crippen molar-refractivity contribution < 1.29 is 33.3 Å². The third kappa shape index (κ3) is 12.6. The van der Waals surface area contributed by atoms with Crippen LogP contribution in [0, 0.1) is 0 Å². The van der Waals surface area contributed by atoms with E-state index in [0.29, 0.717) is 26.1 Å². The highest BCUT2D eigenvalue weighted by atomic mass is 35.5. The minimum atomic E-state index is -0.514. The zero-order valence-corrected chi connectivity index (χ0v) is 25.5. The molecule has 0 saturated carbocycles. The molecule has 11 heteroatoms. The predicted octanol–water partition coefficient (Wildman–Crippen LogP) is 7.98. The normalized spacial score (nSPS) is 11.9. The van der Waals surface area contributed by atoms with Gasteiger partial charge in [0.1, 0.15) is 0 Å². The zero-order chi connectivity index (χ0) is 29.1. The van der Waals surface area contributed by atoms with Crippen molar-refractivity contribution in [3.05, 3.63) is 56.5 Å². The summed E-state index contributed by atoms with van der Waals surface area (Å²) in [7, 11) is 0. The summed E-state index contributed by atoms with van der Waals surface area (Å²) >= 11 is 24.1. The van der Waals surface area contributed by atoms with Crippen molar-refractivity contribution in [1.82, 2.24) is 0 Å². The molecule has 0 atom stereocenters. The highest BCUT2D eigenvalue weighted by Gasteiger charge is 2.23. The summed E-state index contributed by atoms with van der Waals surface area (Å²) in [4.78, 5) is 24.2. The standard InChI is InChI=1S/C28H34Cl4O7/c1-27(2,13-17-35-15-11-23(33)38-25-19(29)7-5-8-20(25)30)37-18-14-28(3,4)36-16-12-24(34)39-26-21(31)9-6-10-22(26)32/h5-10H,11-18H2,1-4H3. The molecule has 0 bridgehead atoms. The summed E-state index contributed by atoms with van der Waals surface area (Å²) in [5.74, 6) is -0.677. The Balaban J connectivity index is 1.60. The fraction of sp³-hybridized carbons (Fsp3) is 0.500. The molecule has 0 aliphatic heterocycles. The number of carbonyl (C=O) groups excluding carboxylic acids is 2. The van der Waals surface area contributed by atoms with E-state index in [-0.39, 0.29) is 57.6 Å². The molecule has 216 valence electrons. The molecule has 0 amide bonds. The summed E-state index contributed by atoms with van der Waals surface area (Å²) in [6.45, 7) is 9.02. The van der Waals surface area contributed by atoms with E-state index in [1.807, 2.05) is 27.7 Å². The lowest BCUT2D eigenvalue weighted by Gasteiger charge is -2.29. The van der Waals surface area contributed by atoms with Gasteiger partial charge in [-0.25, -0.2) is 0 Å². The highest BCUT2D eigenvalue weighted by molar-refractivity contribution is 6.37. The van der Waals surface area contributed by atoms with E-state index in [1.165, 1.54) is 0 Å². The first-order chi connectivity index (χ1) is 18.3. The Bertz CT molecular complexity index is 1060. The summed E-state index contributed by atoms with van der Waals surface area (Å²) in [6.07, 6.45) is 1.34. The molecular weight excluding hydrogens is 590 g/mol. The molecule has 0 aliphatic rings. The summed E-state index contributed by atoms with van der Waals surface area (Å²) in [5, 5.41) is 1.07. The van der Waals surface area contributed by atoms with Crippen molar-refractivity contribution in [3.63, 3.8) is 0 Å². The van der Waals surface area contributed by atoms with Gasteiger partial charge < -0.3 is 23.7 Å². The molecule has 0 fully saturated rings. The van der Waals surface area contributed by atoms with Crippen LogP contribution in [0.2, 0.25) is 20.1 Å². The molecule has 0 unspecified atom stereocenters. The second-order valence-electron chi connectivity index (χ2n) is 9.88. The Labute approximate surface area is 249 Å². The topological polar surface area (TPSA) is 80.3 Å². The summed E-state index contributed by atoms with van der Waals surface area (Å²) in [6, 6.07) is 9.72. The van der Waals surface area contributed by atoms with Gasteiger partial charge in [0.15, 0.2) is 11.5 Å². The Morgan fingerprint density at radius 1 is 0.615 bits per heavy atom. The lowest BCUT2D eigenvalue weighted by Crippen LogP contribution is -2.32. The van der Waals surface area contributed by atoms with Gasteiger partial charge in [0.05, 0.1) is 64.0 Å². The molecular formula is C28H34Cl4O7. The van der Waals surface area contributed by atoms with Crippen LogP contribution in [0.3, 0.4) is 0 Å². The lowest BCUT2D eigenvalue weighted by atomic mass is 10.0. The maximum atomic E-state index is 12.1. The Hall–Kier alpha value is -1.58.